The maximum Gasteiger partial charge on any atom is 0.238 e. The Hall–Kier alpha value is -1.11. The van der Waals surface area contributed by atoms with Crippen molar-refractivity contribution in [3.63, 3.8) is 0 Å². The number of benzene rings is 1. The molecule has 0 aromatic heterocycles. The second-order valence-corrected chi connectivity index (χ2v) is 8.15. The number of rotatable bonds is 4. The Morgan fingerprint density at radius 3 is 2.59 bits per heavy atom. The minimum Gasteiger partial charge on any atom is -0.337 e. The SMILES string of the molecule is C[C@@H]1CCCN(C(=O)CS(=O)(=O)c2ccc(Cl)cc2)[C@@H]1CN. The fourth-order valence-electron chi connectivity index (χ4n) is 2.89. The van der Waals surface area contributed by atoms with Crippen molar-refractivity contribution in [2.45, 2.75) is 30.7 Å². The van der Waals surface area contributed by atoms with Crippen LogP contribution in [0.2, 0.25) is 5.02 Å². The largest absolute Gasteiger partial charge is 0.337 e. The van der Waals surface area contributed by atoms with E-state index in [9.17, 15) is 13.2 Å². The van der Waals surface area contributed by atoms with Crippen LogP contribution in [0.15, 0.2) is 29.2 Å². The summed E-state index contributed by atoms with van der Waals surface area (Å²) in [6.07, 6.45) is 1.89. The van der Waals surface area contributed by atoms with Crippen molar-refractivity contribution in [3.05, 3.63) is 29.3 Å². The summed E-state index contributed by atoms with van der Waals surface area (Å²) in [6, 6.07) is 5.77. The van der Waals surface area contributed by atoms with Gasteiger partial charge in [0.2, 0.25) is 5.91 Å². The molecule has 7 heteroatoms. The molecule has 1 aromatic carbocycles. The summed E-state index contributed by atoms with van der Waals surface area (Å²) in [5, 5.41) is 0.457. The molecule has 2 rings (SSSR count). The Bertz CT molecular complexity index is 631. The molecule has 1 aliphatic heterocycles. The van der Waals surface area contributed by atoms with Crippen molar-refractivity contribution in [1.29, 1.82) is 0 Å². The number of sulfone groups is 1. The molecular weight excluding hydrogens is 324 g/mol. The van der Waals surface area contributed by atoms with E-state index in [0.717, 1.165) is 12.8 Å². The molecule has 0 spiro atoms. The Balaban J connectivity index is 2.14. The lowest BCUT2D eigenvalue weighted by atomic mass is 9.91. The van der Waals surface area contributed by atoms with Crippen LogP contribution in [0.3, 0.4) is 0 Å². The molecule has 0 aliphatic carbocycles. The lowest BCUT2D eigenvalue weighted by Gasteiger charge is -2.39. The van der Waals surface area contributed by atoms with Gasteiger partial charge in [-0.05, 0) is 43.0 Å². The van der Waals surface area contributed by atoms with Crippen LogP contribution in [0, 0.1) is 5.92 Å². The standard InChI is InChI=1S/C15H21ClN2O3S/c1-11-3-2-8-18(14(11)9-17)15(19)10-22(20,21)13-6-4-12(16)5-7-13/h4-7,11,14H,2-3,8-10,17H2,1H3/t11-,14-/m1/s1. The average molecular weight is 345 g/mol. The zero-order chi connectivity index (χ0) is 16.3. The highest BCUT2D eigenvalue weighted by molar-refractivity contribution is 7.92. The number of likely N-dealkylation sites (tertiary alicyclic amines) is 1. The molecule has 1 aliphatic rings. The molecule has 2 atom stereocenters. The number of carbonyl (C=O) groups is 1. The summed E-state index contributed by atoms with van der Waals surface area (Å²) in [5.41, 5.74) is 5.76. The molecule has 1 aromatic rings. The summed E-state index contributed by atoms with van der Waals surface area (Å²) in [6.45, 7) is 2.97. The van der Waals surface area contributed by atoms with Gasteiger partial charge in [-0.3, -0.25) is 4.79 Å². The Kier molecular flexibility index (Phi) is 5.47. The minimum atomic E-state index is -3.67. The van der Waals surface area contributed by atoms with E-state index in [4.69, 9.17) is 17.3 Å². The maximum atomic E-state index is 12.4. The van der Waals surface area contributed by atoms with Gasteiger partial charge in [0, 0.05) is 24.2 Å². The van der Waals surface area contributed by atoms with E-state index in [1.54, 1.807) is 4.90 Å². The summed E-state index contributed by atoms with van der Waals surface area (Å²) in [4.78, 5) is 14.2. The van der Waals surface area contributed by atoms with Crippen molar-refractivity contribution < 1.29 is 13.2 Å². The van der Waals surface area contributed by atoms with Crippen molar-refractivity contribution in [1.82, 2.24) is 4.90 Å². The van der Waals surface area contributed by atoms with Crippen LogP contribution in [0.25, 0.3) is 0 Å². The number of nitrogens with zero attached hydrogens (tertiary/aromatic N) is 1. The second-order valence-electron chi connectivity index (χ2n) is 5.72. The molecule has 5 nitrogen and oxygen atoms in total. The van der Waals surface area contributed by atoms with Crippen LogP contribution >= 0.6 is 11.6 Å². The predicted octanol–water partition coefficient (Wildman–Crippen LogP) is 1.70. The molecule has 22 heavy (non-hydrogen) atoms. The van der Waals surface area contributed by atoms with Crippen molar-refractivity contribution in [2.75, 3.05) is 18.8 Å². The normalized spacial score (nSPS) is 22.6. The predicted molar refractivity (Wildman–Crippen MR) is 86.5 cm³/mol. The molecule has 0 bridgehead atoms. The lowest BCUT2D eigenvalue weighted by molar-refractivity contribution is -0.133. The van der Waals surface area contributed by atoms with Gasteiger partial charge in [-0.1, -0.05) is 18.5 Å². The zero-order valence-corrected chi connectivity index (χ0v) is 14.1. The second kappa shape index (κ2) is 6.98. The van der Waals surface area contributed by atoms with E-state index in [2.05, 4.69) is 0 Å². The molecule has 1 saturated heterocycles. The number of nitrogens with two attached hydrogens (primary N) is 1. The van der Waals surface area contributed by atoms with Gasteiger partial charge in [0.1, 0.15) is 5.75 Å². The first kappa shape index (κ1) is 17.2. The maximum absolute atomic E-state index is 12.4. The number of halogens is 1. The molecular formula is C15H21ClN2O3S. The third-order valence-corrected chi connectivity index (χ3v) is 6.03. The molecule has 1 fully saturated rings. The van der Waals surface area contributed by atoms with Gasteiger partial charge >= 0.3 is 0 Å². The smallest absolute Gasteiger partial charge is 0.238 e. The molecule has 1 amide bonds. The third-order valence-electron chi connectivity index (χ3n) is 4.16. The van der Waals surface area contributed by atoms with Crippen LogP contribution in [-0.2, 0) is 14.6 Å². The van der Waals surface area contributed by atoms with Crippen LogP contribution in [-0.4, -0.2) is 44.1 Å². The summed E-state index contributed by atoms with van der Waals surface area (Å²) in [7, 11) is -3.67. The lowest BCUT2D eigenvalue weighted by Crippen LogP contribution is -2.52. The molecule has 1 heterocycles. The Morgan fingerprint density at radius 2 is 2.00 bits per heavy atom. The summed E-state index contributed by atoms with van der Waals surface area (Å²) < 4.78 is 24.7. The van der Waals surface area contributed by atoms with Crippen molar-refractivity contribution in [3.8, 4) is 0 Å². The third kappa shape index (κ3) is 3.80. The van der Waals surface area contributed by atoms with E-state index in [1.165, 1.54) is 24.3 Å². The highest BCUT2D eigenvalue weighted by Crippen LogP contribution is 2.24. The number of carbonyl (C=O) groups excluding carboxylic acids is 1. The fourth-order valence-corrected chi connectivity index (χ4v) is 4.22. The Morgan fingerprint density at radius 1 is 1.36 bits per heavy atom. The van der Waals surface area contributed by atoms with E-state index in [0.29, 0.717) is 24.0 Å². The van der Waals surface area contributed by atoms with E-state index < -0.39 is 15.6 Å². The van der Waals surface area contributed by atoms with E-state index >= 15 is 0 Å². The quantitative estimate of drug-likeness (QED) is 0.901. The first-order chi connectivity index (χ1) is 10.3. The fraction of sp³-hybridized carbons (Fsp3) is 0.533. The monoisotopic (exact) mass is 344 g/mol. The number of piperidine rings is 1. The van der Waals surface area contributed by atoms with Crippen molar-refractivity contribution in [2.24, 2.45) is 11.7 Å². The van der Waals surface area contributed by atoms with Crippen LogP contribution in [0.5, 0.6) is 0 Å². The number of hydrogen-bond acceptors (Lipinski definition) is 4. The first-order valence-corrected chi connectivity index (χ1v) is 9.36. The van der Waals surface area contributed by atoms with Gasteiger partial charge in [-0.15, -0.1) is 0 Å². The number of hydrogen-bond donors (Lipinski definition) is 1. The highest BCUT2D eigenvalue weighted by atomic mass is 35.5. The van der Waals surface area contributed by atoms with Crippen LogP contribution in [0.1, 0.15) is 19.8 Å². The van der Waals surface area contributed by atoms with Crippen LogP contribution < -0.4 is 5.73 Å². The number of amides is 1. The molecule has 122 valence electrons. The van der Waals surface area contributed by atoms with Crippen molar-refractivity contribution >= 4 is 27.3 Å². The minimum absolute atomic E-state index is 0.0818. The van der Waals surface area contributed by atoms with Crippen LogP contribution in [0.4, 0.5) is 0 Å². The first-order valence-electron chi connectivity index (χ1n) is 7.33. The van der Waals surface area contributed by atoms with Gasteiger partial charge in [-0.2, -0.15) is 0 Å². The van der Waals surface area contributed by atoms with E-state index in [-0.39, 0.29) is 16.8 Å². The van der Waals surface area contributed by atoms with Gasteiger partial charge in [0.05, 0.1) is 4.90 Å². The van der Waals surface area contributed by atoms with Gasteiger partial charge < -0.3 is 10.6 Å². The average Bonchev–Trinajstić information content (AvgIpc) is 2.47. The summed E-state index contributed by atoms with van der Waals surface area (Å²) >= 11 is 5.76. The molecule has 0 radical (unpaired) electrons. The molecule has 0 saturated carbocycles. The molecule has 0 unspecified atom stereocenters. The zero-order valence-electron chi connectivity index (χ0n) is 12.5. The summed E-state index contributed by atoms with van der Waals surface area (Å²) in [5.74, 6) is -0.615. The van der Waals surface area contributed by atoms with Gasteiger partial charge in [0.15, 0.2) is 9.84 Å². The van der Waals surface area contributed by atoms with Gasteiger partial charge in [0.25, 0.3) is 0 Å². The van der Waals surface area contributed by atoms with E-state index in [1.807, 2.05) is 6.92 Å². The Labute approximate surface area is 136 Å². The topological polar surface area (TPSA) is 80.5 Å². The molecule has 2 N–H and O–H groups in total. The highest BCUT2D eigenvalue weighted by Gasteiger charge is 2.33. The van der Waals surface area contributed by atoms with Gasteiger partial charge in [-0.25, -0.2) is 8.42 Å².